The number of amides is 4. The number of benzene rings is 2. The molecular formula is C23H21F2N3O5. The van der Waals surface area contributed by atoms with E-state index in [1.165, 1.54) is 31.3 Å². The zero-order valence-corrected chi connectivity index (χ0v) is 17.7. The van der Waals surface area contributed by atoms with E-state index in [-0.39, 0.29) is 34.9 Å². The van der Waals surface area contributed by atoms with Gasteiger partial charge in [-0.2, -0.15) is 0 Å². The maximum absolute atomic E-state index is 13.7. The molecule has 4 amide bonds. The number of rotatable bonds is 6. The number of hydrogen-bond donors (Lipinski definition) is 2. The molecule has 0 saturated carbocycles. The lowest BCUT2D eigenvalue weighted by atomic mass is 10.0. The highest BCUT2D eigenvalue weighted by atomic mass is 19.2. The lowest BCUT2D eigenvalue weighted by molar-refractivity contribution is -0.122. The van der Waals surface area contributed by atoms with Crippen LogP contribution in [0, 0.1) is 11.6 Å². The first-order valence-electron chi connectivity index (χ1n) is 10.4. The summed E-state index contributed by atoms with van der Waals surface area (Å²) in [6.45, 7) is 0.728. The molecule has 0 spiro atoms. The van der Waals surface area contributed by atoms with Gasteiger partial charge in [0.1, 0.15) is 6.04 Å². The van der Waals surface area contributed by atoms with Crippen LogP contribution in [-0.4, -0.2) is 54.8 Å². The molecule has 172 valence electrons. The zero-order chi connectivity index (χ0) is 23.7. The summed E-state index contributed by atoms with van der Waals surface area (Å²) in [7, 11) is 1.34. The number of carbonyl (C=O) groups excluding carboxylic acids is 4. The standard InChI is InChI=1S/C23H21F2N3O5/c1-26-21(30)19(12-5-7-17(24)18(25)10-12)27-20(29)13-4-6-15-16(9-13)23(32)28(22(15)31)11-14-3-2-8-33-14/h4-7,9-10,14,19H,2-3,8,11H2,1H3,(H,26,30)(H,27,29). The van der Waals surface area contributed by atoms with Gasteiger partial charge in [0.05, 0.1) is 23.8 Å². The lowest BCUT2D eigenvalue weighted by Crippen LogP contribution is -2.39. The molecule has 33 heavy (non-hydrogen) atoms. The Balaban J connectivity index is 1.56. The minimum Gasteiger partial charge on any atom is -0.376 e. The molecular weight excluding hydrogens is 436 g/mol. The summed E-state index contributed by atoms with van der Waals surface area (Å²) in [5, 5.41) is 4.83. The molecule has 2 N–H and O–H groups in total. The lowest BCUT2D eigenvalue weighted by Gasteiger charge is -2.18. The molecule has 1 saturated heterocycles. The zero-order valence-electron chi connectivity index (χ0n) is 17.7. The SMILES string of the molecule is CNC(=O)C(NC(=O)c1ccc2c(c1)C(=O)N(CC1CCCO1)C2=O)c1ccc(F)c(F)c1. The number of fused-ring (bicyclic) bond motifs is 1. The van der Waals surface area contributed by atoms with Gasteiger partial charge in [-0.15, -0.1) is 0 Å². The minimum atomic E-state index is -1.31. The predicted molar refractivity (Wildman–Crippen MR) is 111 cm³/mol. The molecule has 2 aromatic rings. The molecule has 1 fully saturated rings. The summed E-state index contributed by atoms with van der Waals surface area (Å²) in [6.07, 6.45) is 1.41. The van der Waals surface area contributed by atoms with Crippen molar-refractivity contribution in [1.29, 1.82) is 0 Å². The Morgan fingerprint density at radius 1 is 1.09 bits per heavy atom. The van der Waals surface area contributed by atoms with Crippen LogP contribution in [0.5, 0.6) is 0 Å². The molecule has 4 rings (SSSR count). The van der Waals surface area contributed by atoms with Crippen molar-refractivity contribution in [3.8, 4) is 0 Å². The van der Waals surface area contributed by atoms with E-state index in [2.05, 4.69) is 10.6 Å². The van der Waals surface area contributed by atoms with Crippen LogP contribution >= 0.6 is 0 Å². The summed E-state index contributed by atoms with van der Waals surface area (Å²) in [5.41, 5.74) is 0.329. The van der Waals surface area contributed by atoms with Gasteiger partial charge >= 0.3 is 0 Å². The largest absolute Gasteiger partial charge is 0.376 e. The van der Waals surface area contributed by atoms with Gasteiger partial charge in [0.2, 0.25) is 5.91 Å². The summed E-state index contributed by atoms with van der Waals surface area (Å²) in [5.74, 6) is -4.61. The highest BCUT2D eigenvalue weighted by Gasteiger charge is 2.38. The number of hydrogen-bond acceptors (Lipinski definition) is 5. The van der Waals surface area contributed by atoms with E-state index < -0.39 is 41.3 Å². The Kier molecular flexibility index (Phi) is 6.19. The van der Waals surface area contributed by atoms with E-state index in [4.69, 9.17) is 4.74 Å². The fourth-order valence-corrected chi connectivity index (χ4v) is 3.94. The average molecular weight is 457 g/mol. The van der Waals surface area contributed by atoms with Crippen molar-refractivity contribution >= 4 is 23.6 Å². The molecule has 0 aromatic heterocycles. The monoisotopic (exact) mass is 457 g/mol. The van der Waals surface area contributed by atoms with Crippen molar-refractivity contribution in [2.75, 3.05) is 20.2 Å². The Labute approximate surface area is 187 Å². The molecule has 8 nitrogen and oxygen atoms in total. The van der Waals surface area contributed by atoms with Crippen molar-refractivity contribution in [2.45, 2.75) is 25.0 Å². The first kappa shape index (κ1) is 22.5. The molecule has 2 aliphatic rings. The molecule has 10 heteroatoms. The van der Waals surface area contributed by atoms with Crippen LogP contribution in [0.2, 0.25) is 0 Å². The molecule has 0 bridgehead atoms. The fraction of sp³-hybridized carbons (Fsp3) is 0.304. The third-order valence-corrected chi connectivity index (χ3v) is 5.70. The Hall–Kier alpha value is -3.66. The highest BCUT2D eigenvalue weighted by Crippen LogP contribution is 2.26. The number of carbonyl (C=O) groups is 4. The minimum absolute atomic E-state index is 0.0327. The van der Waals surface area contributed by atoms with Gasteiger partial charge < -0.3 is 15.4 Å². The second-order valence-corrected chi connectivity index (χ2v) is 7.81. The molecule has 2 unspecified atom stereocenters. The van der Waals surface area contributed by atoms with Gasteiger partial charge in [-0.25, -0.2) is 8.78 Å². The fourth-order valence-electron chi connectivity index (χ4n) is 3.94. The van der Waals surface area contributed by atoms with Crippen LogP contribution in [0.4, 0.5) is 8.78 Å². The number of ether oxygens (including phenoxy) is 1. The smallest absolute Gasteiger partial charge is 0.261 e. The van der Waals surface area contributed by atoms with E-state index in [1.54, 1.807) is 0 Å². The van der Waals surface area contributed by atoms with Gasteiger partial charge in [0.15, 0.2) is 11.6 Å². The molecule has 0 aliphatic carbocycles. The molecule has 2 aromatic carbocycles. The average Bonchev–Trinajstić information content (AvgIpc) is 3.41. The van der Waals surface area contributed by atoms with Crippen molar-refractivity contribution < 1.29 is 32.7 Å². The molecule has 2 aliphatic heterocycles. The van der Waals surface area contributed by atoms with E-state index in [9.17, 15) is 28.0 Å². The highest BCUT2D eigenvalue weighted by molar-refractivity contribution is 6.22. The quantitative estimate of drug-likeness (QED) is 0.646. The van der Waals surface area contributed by atoms with Gasteiger partial charge in [0, 0.05) is 19.2 Å². The summed E-state index contributed by atoms with van der Waals surface area (Å²) < 4.78 is 32.5. The van der Waals surface area contributed by atoms with Crippen molar-refractivity contribution in [3.63, 3.8) is 0 Å². The van der Waals surface area contributed by atoms with Gasteiger partial charge in [-0.1, -0.05) is 6.07 Å². The number of nitrogens with zero attached hydrogens (tertiary/aromatic N) is 1. The molecule has 0 radical (unpaired) electrons. The van der Waals surface area contributed by atoms with E-state index in [0.29, 0.717) is 6.61 Å². The van der Waals surface area contributed by atoms with E-state index >= 15 is 0 Å². The Morgan fingerprint density at radius 2 is 1.85 bits per heavy atom. The van der Waals surface area contributed by atoms with Crippen LogP contribution < -0.4 is 10.6 Å². The number of likely N-dealkylation sites (N-methyl/N-ethyl adjacent to an activating group) is 1. The maximum Gasteiger partial charge on any atom is 0.261 e. The van der Waals surface area contributed by atoms with Gasteiger partial charge in [-0.05, 0) is 48.7 Å². The van der Waals surface area contributed by atoms with Crippen molar-refractivity contribution in [3.05, 3.63) is 70.3 Å². The normalized spacial score (nSPS) is 18.3. The Bertz CT molecular complexity index is 1150. The molecule has 2 atom stereocenters. The summed E-state index contributed by atoms with van der Waals surface area (Å²) in [6, 6.07) is 5.59. The topological polar surface area (TPSA) is 105 Å². The van der Waals surface area contributed by atoms with Gasteiger partial charge in [0.25, 0.3) is 17.7 Å². The Morgan fingerprint density at radius 3 is 2.52 bits per heavy atom. The first-order valence-corrected chi connectivity index (χ1v) is 10.4. The van der Waals surface area contributed by atoms with Crippen LogP contribution in [-0.2, 0) is 9.53 Å². The second-order valence-electron chi connectivity index (χ2n) is 7.81. The van der Waals surface area contributed by atoms with Crippen LogP contribution in [0.1, 0.15) is 55.5 Å². The van der Waals surface area contributed by atoms with E-state index in [0.717, 1.165) is 29.9 Å². The van der Waals surface area contributed by atoms with Crippen LogP contribution in [0.3, 0.4) is 0 Å². The number of imide groups is 1. The van der Waals surface area contributed by atoms with Crippen molar-refractivity contribution in [2.24, 2.45) is 0 Å². The van der Waals surface area contributed by atoms with Gasteiger partial charge in [-0.3, -0.25) is 24.1 Å². The number of nitrogens with one attached hydrogen (secondary N) is 2. The van der Waals surface area contributed by atoms with Crippen molar-refractivity contribution in [1.82, 2.24) is 15.5 Å². The summed E-state index contributed by atoms with van der Waals surface area (Å²) in [4.78, 5) is 51.7. The molecule has 2 heterocycles. The predicted octanol–water partition coefficient (Wildman–Crippen LogP) is 1.96. The van der Waals surface area contributed by atoms with E-state index in [1.807, 2.05) is 0 Å². The second kappa shape index (κ2) is 9.07. The van der Waals surface area contributed by atoms with Crippen LogP contribution in [0.15, 0.2) is 36.4 Å². The number of halogens is 2. The first-order chi connectivity index (χ1) is 15.8. The van der Waals surface area contributed by atoms with Crippen LogP contribution in [0.25, 0.3) is 0 Å². The summed E-state index contributed by atoms with van der Waals surface area (Å²) >= 11 is 0. The third kappa shape index (κ3) is 4.34. The maximum atomic E-state index is 13.7. The third-order valence-electron chi connectivity index (χ3n) is 5.70.